The van der Waals surface area contributed by atoms with Crippen molar-refractivity contribution in [1.82, 2.24) is 5.32 Å². The van der Waals surface area contributed by atoms with Gasteiger partial charge in [-0.05, 0) is 25.3 Å². The first-order chi connectivity index (χ1) is 6.92. The molecule has 1 N–H and O–H groups in total. The Balaban J connectivity index is 2.50. The second kappa shape index (κ2) is 5.12. The lowest BCUT2D eigenvalue weighted by Gasteiger charge is -2.29. The summed E-state index contributed by atoms with van der Waals surface area (Å²) in [6, 6.07) is 3.94. The van der Waals surface area contributed by atoms with Crippen molar-refractivity contribution in [3.63, 3.8) is 0 Å². The number of hydrogen-bond acceptors (Lipinski definition) is 2. The molecule has 1 unspecified atom stereocenters. The number of hydrogen-bond donors (Lipinski definition) is 1. The molecule has 0 radical (unpaired) electrons. The third-order valence-corrected chi connectivity index (χ3v) is 4.39. The Morgan fingerprint density at radius 1 is 1.67 bits per heavy atom. The van der Waals surface area contributed by atoms with Gasteiger partial charge < -0.3 is 5.32 Å². The monoisotopic (exact) mass is 289 g/mol. The fourth-order valence-corrected chi connectivity index (χ4v) is 1.89. The van der Waals surface area contributed by atoms with Crippen LogP contribution in [0.2, 0.25) is 0 Å². The highest BCUT2D eigenvalue weighted by molar-refractivity contribution is 9.09. The van der Waals surface area contributed by atoms with E-state index in [9.17, 15) is 4.79 Å². The molecular weight excluding hydrogens is 274 g/mol. The van der Waals surface area contributed by atoms with Crippen LogP contribution in [-0.2, 0) is 11.2 Å². The topological polar surface area (TPSA) is 29.1 Å². The molecule has 0 aliphatic rings. The van der Waals surface area contributed by atoms with Crippen LogP contribution in [0.1, 0.15) is 25.6 Å². The molecule has 0 aromatic carbocycles. The number of amides is 1. The highest BCUT2D eigenvalue weighted by atomic mass is 79.9. The molecule has 1 amide bonds. The zero-order valence-electron chi connectivity index (χ0n) is 9.21. The highest BCUT2D eigenvalue weighted by Crippen LogP contribution is 2.17. The Hall–Kier alpha value is -0.350. The molecule has 84 valence electrons. The molecular formula is C11H16BrNOS. The van der Waals surface area contributed by atoms with Crippen LogP contribution in [0.4, 0.5) is 0 Å². The Kier molecular flexibility index (Phi) is 4.34. The summed E-state index contributed by atoms with van der Waals surface area (Å²) in [5.41, 5.74) is -0.214. The van der Waals surface area contributed by atoms with Crippen LogP contribution in [0.3, 0.4) is 0 Å². The first kappa shape index (κ1) is 12.7. The van der Waals surface area contributed by atoms with Crippen LogP contribution in [0.15, 0.2) is 17.5 Å². The van der Waals surface area contributed by atoms with Gasteiger partial charge in [0.1, 0.15) is 0 Å². The van der Waals surface area contributed by atoms with Crippen LogP contribution in [0, 0.1) is 0 Å². The maximum absolute atomic E-state index is 11.7. The standard InChI is InChI=1S/C11H16BrNOS/c1-8(12)11(2,3)13-10(14)7-9-5-4-6-15-9/h4-6,8H,7H2,1-3H3,(H,13,14). The first-order valence-corrected chi connectivity index (χ1v) is 6.69. The van der Waals surface area contributed by atoms with Crippen LogP contribution in [0.5, 0.6) is 0 Å². The largest absolute Gasteiger partial charge is 0.350 e. The molecule has 0 aliphatic heterocycles. The van der Waals surface area contributed by atoms with Gasteiger partial charge in [-0.25, -0.2) is 0 Å². The molecule has 15 heavy (non-hydrogen) atoms. The SMILES string of the molecule is CC(Br)C(C)(C)NC(=O)Cc1cccs1. The average Bonchev–Trinajstić information content (AvgIpc) is 2.54. The molecule has 1 aromatic rings. The molecule has 1 rings (SSSR count). The van der Waals surface area contributed by atoms with Gasteiger partial charge >= 0.3 is 0 Å². The summed E-state index contributed by atoms with van der Waals surface area (Å²) in [5.74, 6) is 0.0775. The average molecular weight is 290 g/mol. The number of thiophene rings is 1. The van der Waals surface area contributed by atoms with Crippen molar-refractivity contribution >= 4 is 33.2 Å². The maximum Gasteiger partial charge on any atom is 0.225 e. The predicted molar refractivity (Wildman–Crippen MR) is 68.6 cm³/mol. The summed E-state index contributed by atoms with van der Waals surface area (Å²) < 4.78 is 0. The molecule has 1 aromatic heterocycles. The van der Waals surface area contributed by atoms with Gasteiger partial charge in [0.2, 0.25) is 5.91 Å². The smallest absolute Gasteiger partial charge is 0.225 e. The maximum atomic E-state index is 11.7. The third-order valence-electron chi connectivity index (χ3n) is 2.37. The minimum absolute atomic E-state index is 0.0775. The van der Waals surface area contributed by atoms with Crippen molar-refractivity contribution < 1.29 is 4.79 Å². The summed E-state index contributed by atoms with van der Waals surface area (Å²) >= 11 is 5.10. The lowest BCUT2D eigenvalue weighted by atomic mass is 10.0. The number of halogens is 1. The second-order valence-corrected chi connectivity index (χ2v) is 6.55. The summed E-state index contributed by atoms with van der Waals surface area (Å²) in [6.07, 6.45) is 0.473. The van der Waals surface area contributed by atoms with Crippen molar-refractivity contribution in [1.29, 1.82) is 0 Å². The normalized spacial score (nSPS) is 13.6. The van der Waals surface area contributed by atoms with Gasteiger partial charge in [-0.15, -0.1) is 11.3 Å². The van der Waals surface area contributed by atoms with E-state index in [4.69, 9.17) is 0 Å². The molecule has 2 nitrogen and oxygen atoms in total. The zero-order valence-corrected chi connectivity index (χ0v) is 11.6. The number of carbonyl (C=O) groups excluding carboxylic acids is 1. The van der Waals surface area contributed by atoms with E-state index in [-0.39, 0.29) is 16.3 Å². The minimum Gasteiger partial charge on any atom is -0.350 e. The van der Waals surface area contributed by atoms with E-state index in [0.29, 0.717) is 6.42 Å². The van der Waals surface area contributed by atoms with Gasteiger partial charge in [-0.2, -0.15) is 0 Å². The van der Waals surface area contributed by atoms with E-state index in [1.807, 2.05) is 38.3 Å². The molecule has 4 heteroatoms. The van der Waals surface area contributed by atoms with Crippen LogP contribution in [0.25, 0.3) is 0 Å². The Morgan fingerprint density at radius 3 is 2.80 bits per heavy atom. The molecule has 1 heterocycles. The van der Waals surface area contributed by atoms with Crippen molar-refractivity contribution in [2.45, 2.75) is 37.6 Å². The van der Waals surface area contributed by atoms with Crippen LogP contribution >= 0.6 is 27.3 Å². The molecule has 0 fully saturated rings. The lowest BCUT2D eigenvalue weighted by Crippen LogP contribution is -2.49. The van der Waals surface area contributed by atoms with Crippen LogP contribution < -0.4 is 5.32 Å². The first-order valence-electron chi connectivity index (χ1n) is 4.89. The van der Waals surface area contributed by atoms with E-state index in [2.05, 4.69) is 21.2 Å². The quantitative estimate of drug-likeness (QED) is 0.849. The van der Waals surface area contributed by atoms with E-state index >= 15 is 0 Å². The van der Waals surface area contributed by atoms with Gasteiger partial charge in [0.15, 0.2) is 0 Å². The summed E-state index contributed by atoms with van der Waals surface area (Å²) in [4.78, 5) is 13.1. The molecule has 0 saturated heterocycles. The summed E-state index contributed by atoms with van der Waals surface area (Å²) in [7, 11) is 0. The number of alkyl halides is 1. The molecule has 1 atom stereocenters. The molecule has 0 spiro atoms. The number of carbonyl (C=O) groups is 1. The molecule has 0 saturated carbocycles. The van der Waals surface area contributed by atoms with Crippen molar-refractivity contribution in [3.05, 3.63) is 22.4 Å². The van der Waals surface area contributed by atoms with Gasteiger partial charge in [0, 0.05) is 15.2 Å². The van der Waals surface area contributed by atoms with Crippen molar-refractivity contribution in [3.8, 4) is 0 Å². The van der Waals surface area contributed by atoms with E-state index < -0.39 is 0 Å². The fraction of sp³-hybridized carbons (Fsp3) is 0.545. The zero-order chi connectivity index (χ0) is 11.5. The fourth-order valence-electron chi connectivity index (χ4n) is 1.07. The summed E-state index contributed by atoms with van der Waals surface area (Å²) in [5, 5.41) is 5.00. The highest BCUT2D eigenvalue weighted by Gasteiger charge is 2.25. The van der Waals surface area contributed by atoms with Crippen molar-refractivity contribution in [2.24, 2.45) is 0 Å². The van der Waals surface area contributed by atoms with Gasteiger partial charge in [0.25, 0.3) is 0 Å². The lowest BCUT2D eigenvalue weighted by molar-refractivity contribution is -0.121. The third kappa shape index (κ3) is 3.95. The van der Waals surface area contributed by atoms with Gasteiger partial charge in [-0.3, -0.25) is 4.79 Å². The van der Waals surface area contributed by atoms with E-state index in [1.165, 1.54) is 0 Å². The minimum atomic E-state index is -0.214. The number of nitrogens with one attached hydrogen (secondary N) is 1. The number of rotatable bonds is 4. The Morgan fingerprint density at radius 2 is 2.33 bits per heavy atom. The van der Waals surface area contributed by atoms with Crippen LogP contribution in [-0.4, -0.2) is 16.3 Å². The predicted octanol–water partition coefficient (Wildman–Crippen LogP) is 2.97. The van der Waals surface area contributed by atoms with E-state index in [0.717, 1.165) is 4.88 Å². The molecule has 0 aliphatic carbocycles. The second-order valence-electron chi connectivity index (χ2n) is 4.14. The Labute approximate surface area is 103 Å². The van der Waals surface area contributed by atoms with Crippen molar-refractivity contribution in [2.75, 3.05) is 0 Å². The van der Waals surface area contributed by atoms with Gasteiger partial charge in [-0.1, -0.05) is 28.9 Å². The van der Waals surface area contributed by atoms with Gasteiger partial charge in [0.05, 0.1) is 6.42 Å². The molecule has 0 bridgehead atoms. The van der Waals surface area contributed by atoms with E-state index in [1.54, 1.807) is 11.3 Å². The Bertz CT molecular complexity index is 319. The summed E-state index contributed by atoms with van der Waals surface area (Å²) in [6.45, 7) is 6.06.